The van der Waals surface area contributed by atoms with E-state index in [1.165, 1.54) is 47.4 Å². The summed E-state index contributed by atoms with van der Waals surface area (Å²) in [6.45, 7) is 0. The summed E-state index contributed by atoms with van der Waals surface area (Å²) >= 11 is 0. The van der Waals surface area contributed by atoms with E-state index in [0.717, 1.165) is 10.4 Å². The van der Waals surface area contributed by atoms with Gasteiger partial charge in [-0.15, -0.1) is 0 Å². The van der Waals surface area contributed by atoms with Gasteiger partial charge in [0.2, 0.25) is 5.91 Å². The molecule has 0 radical (unpaired) electrons. The van der Waals surface area contributed by atoms with Crippen molar-refractivity contribution in [1.82, 2.24) is 4.90 Å². The van der Waals surface area contributed by atoms with Crippen LogP contribution in [0.5, 0.6) is 0 Å². The van der Waals surface area contributed by atoms with Crippen molar-refractivity contribution in [3.63, 3.8) is 0 Å². The Morgan fingerprint density at radius 3 is 2.12 bits per heavy atom. The number of amides is 2. The maximum absolute atomic E-state index is 13.9. The lowest BCUT2D eigenvalue weighted by Gasteiger charge is -2.26. The molecule has 42 heavy (non-hydrogen) atoms. The number of benzene rings is 4. The molecule has 0 bridgehead atoms. The molecule has 4 aromatic rings. The zero-order valence-corrected chi connectivity index (χ0v) is 23.4. The molecule has 1 atom stereocenters. The van der Waals surface area contributed by atoms with Gasteiger partial charge >= 0.3 is 6.18 Å². The van der Waals surface area contributed by atoms with Crippen molar-refractivity contribution in [3.05, 3.63) is 114 Å². The monoisotopic (exact) mass is 593 g/mol. The fraction of sp³-hybridized carbons (Fsp3) is 0.161. The van der Waals surface area contributed by atoms with E-state index in [0.29, 0.717) is 22.5 Å². The third kappa shape index (κ3) is 5.47. The molecular formula is C31H26F3N3O4S. The maximum Gasteiger partial charge on any atom is 0.417 e. The number of anilines is 2. The Labute approximate surface area is 241 Å². The highest BCUT2D eigenvalue weighted by atomic mass is 32.2. The molecule has 0 aliphatic carbocycles. The highest BCUT2D eigenvalue weighted by molar-refractivity contribution is 7.93. The molecule has 216 valence electrons. The van der Waals surface area contributed by atoms with Crippen molar-refractivity contribution < 1.29 is 31.2 Å². The molecule has 0 aromatic heterocycles. The predicted molar refractivity (Wildman–Crippen MR) is 154 cm³/mol. The zero-order chi connectivity index (χ0) is 30.2. The first-order valence-electron chi connectivity index (χ1n) is 12.9. The van der Waals surface area contributed by atoms with E-state index in [4.69, 9.17) is 0 Å². The molecule has 1 aliphatic rings. The number of carbonyl (C=O) groups is 2. The highest BCUT2D eigenvalue weighted by Gasteiger charge is 2.42. The van der Waals surface area contributed by atoms with Crippen LogP contribution >= 0.6 is 0 Å². The second-order valence-electron chi connectivity index (χ2n) is 9.98. The fourth-order valence-corrected chi connectivity index (χ4v) is 6.59. The Morgan fingerprint density at radius 2 is 1.48 bits per heavy atom. The van der Waals surface area contributed by atoms with Crippen molar-refractivity contribution in [2.24, 2.45) is 0 Å². The molecule has 1 N–H and O–H groups in total. The molecule has 0 fully saturated rings. The fourth-order valence-electron chi connectivity index (χ4n) is 4.94. The van der Waals surface area contributed by atoms with Gasteiger partial charge in [0.25, 0.3) is 15.9 Å². The summed E-state index contributed by atoms with van der Waals surface area (Å²) < 4.78 is 69.6. The lowest BCUT2D eigenvalue weighted by Crippen LogP contribution is -2.45. The lowest BCUT2D eigenvalue weighted by molar-refractivity contribution is -0.137. The van der Waals surface area contributed by atoms with Crippen molar-refractivity contribution in [3.8, 4) is 11.1 Å². The van der Waals surface area contributed by atoms with Gasteiger partial charge in [-0.1, -0.05) is 48.5 Å². The predicted octanol–water partition coefficient (Wildman–Crippen LogP) is 5.83. The third-order valence-electron chi connectivity index (χ3n) is 6.99. The molecule has 5 rings (SSSR count). The summed E-state index contributed by atoms with van der Waals surface area (Å²) in [7, 11) is -1.05. The number of hydrogen-bond acceptors (Lipinski definition) is 4. The van der Waals surface area contributed by atoms with Gasteiger partial charge in [0.15, 0.2) is 0 Å². The molecule has 7 nitrogen and oxygen atoms in total. The van der Waals surface area contributed by atoms with E-state index >= 15 is 0 Å². The van der Waals surface area contributed by atoms with E-state index in [2.05, 4.69) is 5.32 Å². The van der Waals surface area contributed by atoms with Crippen LogP contribution in [-0.4, -0.2) is 45.3 Å². The average Bonchev–Trinajstić information content (AvgIpc) is 3.38. The van der Waals surface area contributed by atoms with Gasteiger partial charge in [-0.2, -0.15) is 13.2 Å². The topological polar surface area (TPSA) is 86.8 Å². The standard InChI is InChI=1S/C31H26F3N3O4S/c1-36(2)30(39)21-11-15-23(16-12-21)35-29(38)28-19-22-7-3-6-10-27(22)37(28)42(40,41)24-17-13-20(14-18-24)25-8-4-5-9-26(25)31(32,33)34/h3-18,28H,19H2,1-2H3,(H,35,38)/t28-/m0/s1. The number of carbonyl (C=O) groups excluding carboxylic acids is 2. The zero-order valence-electron chi connectivity index (χ0n) is 22.6. The van der Waals surface area contributed by atoms with Gasteiger partial charge in [0.1, 0.15) is 6.04 Å². The largest absolute Gasteiger partial charge is 0.417 e. The Balaban J connectivity index is 1.45. The van der Waals surface area contributed by atoms with Crippen LogP contribution < -0.4 is 9.62 Å². The Hall–Kier alpha value is -4.64. The summed E-state index contributed by atoms with van der Waals surface area (Å²) in [5.74, 6) is -0.776. The van der Waals surface area contributed by atoms with E-state index in [-0.39, 0.29) is 28.4 Å². The first-order valence-corrected chi connectivity index (χ1v) is 14.3. The van der Waals surface area contributed by atoms with Crippen LogP contribution in [0.15, 0.2) is 102 Å². The van der Waals surface area contributed by atoms with Crippen LogP contribution in [0, 0.1) is 0 Å². The number of halogens is 3. The number of rotatable bonds is 6. The van der Waals surface area contributed by atoms with E-state index in [9.17, 15) is 31.2 Å². The quantitative estimate of drug-likeness (QED) is 0.305. The SMILES string of the molecule is CN(C)C(=O)c1ccc(NC(=O)[C@@H]2Cc3ccccc3N2S(=O)(=O)c2ccc(-c3ccccc3C(F)(F)F)cc2)cc1. The summed E-state index contributed by atoms with van der Waals surface area (Å²) in [4.78, 5) is 26.9. The van der Waals surface area contributed by atoms with Gasteiger partial charge in [-0.3, -0.25) is 13.9 Å². The molecule has 0 saturated heterocycles. The number of hydrogen-bond donors (Lipinski definition) is 1. The molecule has 0 spiro atoms. The molecule has 0 unspecified atom stereocenters. The van der Waals surface area contributed by atoms with Gasteiger partial charge < -0.3 is 10.2 Å². The molecule has 4 aromatic carbocycles. The average molecular weight is 594 g/mol. The summed E-state index contributed by atoms with van der Waals surface area (Å²) in [6.07, 6.45) is -4.46. The smallest absolute Gasteiger partial charge is 0.345 e. The van der Waals surface area contributed by atoms with Crippen LogP contribution in [-0.2, 0) is 27.4 Å². The minimum Gasteiger partial charge on any atom is -0.345 e. The van der Waals surface area contributed by atoms with Crippen LogP contribution in [0.3, 0.4) is 0 Å². The summed E-state index contributed by atoms with van der Waals surface area (Å²) in [6, 6.07) is 22.1. The van der Waals surface area contributed by atoms with Gasteiger partial charge in [0, 0.05) is 31.8 Å². The number of nitrogens with zero attached hydrogens (tertiary/aromatic N) is 2. The van der Waals surface area contributed by atoms with Crippen LogP contribution in [0.25, 0.3) is 11.1 Å². The maximum atomic E-state index is 13.9. The van der Waals surface area contributed by atoms with Crippen molar-refractivity contribution in [2.75, 3.05) is 23.7 Å². The number of sulfonamides is 1. The molecular weight excluding hydrogens is 567 g/mol. The molecule has 11 heteroatoms. The van der Waals surface area contributed by atoms with Crippen molar-refractivity contribution in [1.29, 1.82) is 0 Å². The second-order valence-corrected chi connectivity index (χ2v) is 11.8. The summed E-state index contributed by atoms with van der Waals surface area (Å²) in [5.41, 5.74) is 1.11. The molecule has 1 aliphatic heterocycles. The first-order chi connectivity index (χ1) is 19.9. The third-order valence-corrected chi connectivity index (χ3v) is 8.83. The van der Waals surface area contributed by atoms with Crippen molar-refractivity contribution >= 4 is 33.2 Å². The van der Waals surface area contributed by atoms with Gasteiger partial charge in [-0.25, -0.2) is 8.42 Å². The van der Waals surface area contributed by atoms with Crippen LogP contribution in [0.4, 0.5) is 24.5 Å². The first kappa shape index (κ1) is 28.9. The Morgan fingerprint density at radius 1 is 0.857 bits per heavy atom. The Kier molecular flexibility index (Phi) is 7.55. The molecule has 2 amide bonds. The van der Waals surface area contributed by atoms with E-state index < -0.39 is 33.7 Å². The minimum absolute atomic E-state index is 0.0731. The van der Waals surface area contributed by atoms with Crippen LogP contribution in [0.1, 0.15) is 21.5 Å². The van der Waals surface area contributed by atoms with E-state index in [1.807, 2.05) is 0 Å². The number of alkyl halides is 3. The van der Waals surface area contributed by atoms with E-state index in [1.54, 1.807) is 62.6 Å². The number of para-hydroxylation sites is 1. The van der Waals surface area contributed by atoms with Crippen LogP contribution in [0.2, 0.25) is 0 Å². The Bertz CT molecular complexity index is 1750. The van der Waals surface area contributed by atoms with Gasteiger partial charge in [0.05, 0.1) is 16.1 Å². The lowest BCUT2D eigenvalue weighted by atomic mass is 9.99. The normalized spacial score (nSPS) is 14.8. The molecule has 0 saturated carbocycles. The minimum atomic E-state index is -4.58. The number of nitrogens with one attached hydrogen (secondary N) is 1. The molecule has 1 heterocycles. The second kappa shape index (κ2) is 11.0. The van der Waals surface area contributed by atoms with Gasteiger partial charge in [-0.05, 0) is 65.2 Å². The number of fused-ring (bicyclic) bond motifs is 1. The highest BCUT2D eigenvalue weighted by Crippen LogP contribution is 2.39. The van der Waals surface area contributed by atoms with Crippen molar-refractivity contribution in [2.45, 2.75) is 23.5 Å². The summed E-state index contributed by atoms with van der Waals surface area (Å²) in [5, 5.41) is 2.74.